The molecule has 1 aromatic carbocycles. The number of anilines is 1. The second-order valence-electron chi connectivity index (χ2n) is 6.53. The van der Waals surface area contributed by atoms with Gasteiger partial charge in [-0.15, -0.1) is 0 Å². The molecule has 1 aliphatic rings. The molecule has 0 bridgehead atoms. The highest BCUT2D eigenvalue weighted by Gasteiger charge is 2.22. The van der Waals surface area contributed by atoms with Gasteiger partial charge in [0.1, 0.15) is 17.6 Å². The van der Waals surface area contributed by atoms with Crippen molar-refractivity contribution in [2.75, 3.05) is 18.0 Å². The van der Waals surface area contributed by atoms with Gasteiger partial charge in [-0.05, 0) is 24.8 Å². The second kappa shape index (κ2) is 7.00. The van der Waals surface area contributed by atoms with Crippen LogP contribution in [0.4, 0.5) is 5.95 Å². The highest BCUT2D eigenvalue weighted by Crippen LogP contribution is 2.24. The molecule has 3 aromatic rings. The molecule has 0 spiro atoms. The predicted octanol–water partition coefficient (Wildman–Crippen LogP) is 2.16. The van der Waals surface area contributed by atoms with Crippen LogP contribution in [-0.2, 0) is 13.1 Å². The van der Waals surface area contributed by atoms with Crippen LogP contribution in [0.15, 0.2) is 41.3 Å². The molecular weight excluding hydrogens is 328 g/mol. The number of aromatic nitrogens is 4. The molecule has 3 heterocycles. The van der Waals surface area contributed by atoms with E-state index in [1.54, 1.807) is 6.20 Å². The molecular formula is C19H20N6O. The summed E-state index contributed by atoms with van der Waals surface area (Å²) >= 11 is 0. The van der Waals surface area contributed by atoms with E-state index in [-0.39, 0.29) is 12.1 Å². The van der Waals surface area contributed by atoms with Crippen LogP contribution in [0.2, 0.25) is 0 Å². The quantitative estimate of drug-likeness (QED) is 0.722. The molecule has 26 heavy (non-hydrogen) atoms. The smallest absolute Gasteiger partial charge is 0.293 e. The number of piperidine rings is 1. The minimum absolute atomic E-state index is 0.0651. The normalized spacial score (nSPS) is 14.5. The minimum atomic E-state index is -0.268. The Morgan fingerprint density at radius 2 is 1.88 bits per heavy atom. The summed E-state index contributed by atoms with van der Waals surface area (Å²) < 4.78 is 3.18. The molecule has 0 saturated carbocycles. The van der Waals surface area contributed by atoms with Gasteiger partial charge in [-0.1, -0.05) is 30.3 Å². The highest BCUT2D eigenvalue weighted by atomic mass is 16.1. The Kier molecular flexibility index (Phi) is 4.40. The van der Waals surface area contributed by atoms with Gasteiger partial charge in [-0.3, -0.25) is 4.79 Å². The lowest BCUT2D eigenvalue weighted by molar-refractivity contribution is 0.560. The fourth-order valence-corrected chi connectivity index (χ4v) is 3.50. The summed E-state index contributed by atoms with van der Waals surface area (Å²) in [7, 11) is 0. The van der Waals surface area contributed by atoms with Gasteiger partial charge in [-0.25, -0.2) is 9.67 Å². The van der Waals surface area contributed by atoms with Crippen molar-refractivity contribution in [1.29, 1.82) is 5.26 Å². The number of rotatable bonds is 4. The van der Waals surface area contributed by atoms with Crippen molar-refractivity contribution >= 4 is 17.0 Å². The predicted molar refractivity (Wildman–Crippen MR) is 99.0 cm³/mol. The maximum absolute atomic E-state index is 12.9. The number of hydrogen-bond donors (Lipinski definition) is 0. The van der Waals surface area contributed by atoms with Crippen LogP contribution in [0.1, 0.15) is 24.8 Å². The van der Waals surface area contributed by atoms with Crippen molar-refractivity contribution in [1.82, 2.24) is 19.3 Å². The van der Waals surface area contributed by atoms with Gasteiger partial charge in [0, 0.05) is 13.1 Å². The molecule has 1 aliphatic heterocycles. The lowest BCUT2D eigenvalue weighted by Gasteiger charge is -2.28. The van der Waals surface area contributed by atoms with Crippen molar-refractivity contribution in [3.63, 3.8) is 0 Å². The van der Waals surface area contributed by atoms with E-state index in [1.165, 1.54) is 11.1 Å². The minimum Gasteiger partial charge on any atom is -0.342 e. The van der Waals surface area contributed by atoms with Gasteiger partial charge in [0.25, 0.3) is 5.56 Å². The van der Waals surface area contributed by atoms with Gasteiger partial charge < -0.3 is 9.47 Å². The zero-order valence-corrected chi connectivity index (χ0v) is 14.5. The lowest BCUT2D eigenvalue weighted by Crippen LogP contribution is -2.32. The van der Waals surface area contributed by atoms with E-state index >= 15 is 0 Å². The maximum atomic E-state index is 12.9. The van der Waals surface area contributed by atoms with E-state index in [0.717, 1.165) is 37.4 Å². The first-order chi connectivity index (χ1) is 12.8. The zero-order chi connectivity index (χ0) is 17.9. The molecule has 4 rings (SSSR count). The Labute approximate surface area is 151 Å². The SMILES string of the molecule is N#CCn1ncc2nc(N3CCCCC3)n(Cc3ccccc3)c2c1=O. The van der Waals surface area contributed by atoms with Crippen LogP contribution in [0.3, 0.4) is 0 Å². The van der Waals surface area contributed by atoms with Crippen LogP contribution >= 0.6 is 0 Å². The first-order valence-corrected chi connectivity index (χ1v) is 8.90. The molecule has 0 radical (unpaired) electrons. The van der Waals surface area contributed by atoms with E-state index in [2.05, 4.69) is 10.00 Å². The van der Waals surface area contributed by atoms with E-state index in [1.807, 2.05) is 41.0 Å². The van der Waals surface area contributed by atoms with E-state index < -0.39 is 0 Å². The summed E-state index contributed by atoms with van der Waals surface area (Å²) in [4.78, 5) is 19.9. The van der Waals surface area contributed by atoms with E-state index in [0.29, 0.717) is 17.6 Å². The van der Waals surface area contributed by atoms with Gasteiger partial charge in [-0.2, -0.15) is 10.4 Å². The molecule has 1 saturated heterocycles. The number of fused-ring (bicyclic) bond motifs is 1. The monoisotopic (exact) mass is 348 g/mol. The van der Waals surface area contributed by atoms with Crippen molar-refractivity contribution in [2.45, 2.75) is 32.4 Å². The summed E-state index contributed by atoms with van der Waals surface area (Å²) in [5, 5.41) is 13.0. The third kappa shape index (κ3) is 2.94. The third-order valence-electron chi connectivity index (χ3n) is 4.77. The summed E-state index contributed by atoms with van der Waals surface area (Å²) in [6.45, 7) is 2.38. The molecule has 0 amide bonds. The molecule has 0 unspecified atom stereocenters. The van der Waals surface area contributed by atoms with Gasteiger partial charge in [0.15, 0.2) is 0 Å². The molecule has 0 N–H and O–H groups in total. The number of imidazole rings is 1. The Balaban J connectivity index is 1.89. The van der Waals surface area contributed by atoms with Crippen molar-refractivity contribution in [3.05, 3.63) is 52.4 Å². The molecule has 7 nitrogen and oxygen atoms in total. The fraction of sp³-hybridized carbons (Fsp3) is 0.368. The largest absolute Gasteiger partial charge is 0.342 e. The van der Waals surface area contributed by atoms with Crippen LogP contribution in [0, 0.1) is 11.3 Å². The van der Waals surface area contributed by atoms with Crippen molar-refractivity contribution in [2.24, 2.45) is 0 Å². The van der Waals surface area contributed by atoms with Gasteiger partial charge in [0.05, 0.1) is 18.8 Å². The summed E-state index contributed by atoms with van der Waals surface area (Å²) in [6.07, 6.45) is 5.08. The van der Waals surface area contributed by atoms with Crippen LogP contribution in [-0.4, -0.2) is 32.4 Å². The first-order valence-electron chi connectivity index (χ1n) is 8.90. The summed E-state index contributed by atoms with van der Waals surface area (Å²) in [6, 6.07) is 12.0. The Morgan fingerprint density at radius 1 is 1.12 bits per heavy atom. The second-order valence-corrected chi connectivity index (χ2v) is 6.53. The van der Waals surface area contributed by atoms with Crippen molar-refractivity contribution in [3.8, 4) is 6.07 Å². The molecule has 7 heteroatoms. The zero-order valence-electron chi connectivity index (χ0n) is 14.5. The van der Waals surface area contributed by atoms with Gasteiger partial charge >= 0.3 is 0 Å². The molecule has 0 aliphatic carbocycles. The van der Waals surface area contributed by atoms with Crippen LogP contribution in [0.5, 0.6) is 0 Å². The summed E-state index contributed by atoms with van der Waals surface area (Å²) in [5.74, 6) is 0.817. The maximum Gasteiger partial charge on any atom is 0.293 e. The standard InChI is InChI=1S/C19H20N6O/c20-9-12-25-18(26)17-16(13-21-25)22-19(23-10-5-2-6-11-23)24(17)14-15-7-3-1-4-8-15/h1,3-4,7-8,13H,2,5-6,10-12,14H2. The number of nitriles is 1. The highest BCUT2D eigenvalue weighted by molar-refractivity contribution is 5.77. The average Bonchev–Trinajstić information content (AvgIpc) is 3.05. The van der Waals surface area contributed by atoms with Crippen LogP contribution in [0.25, 0.3) is 11.0 Å². The average molecular weight is 348 g/mol. The first kappa shape index (κ1) is 16.3. The Bertz CT molecular complexity index is 1010. The Hall–Kier alpha value is -3.14. The van der Waals surface area contributed by atoms with E-state index in [9.17, 15) is 4.79 Å². The lowest BCUT2D eigenvalue weighted by atomic mass is 10.1. The third-order valence-corrected chi connectivity index (χ3v) is 4.77. The fourth-order valence-electron chi connectivity index (χ4n) is 3.50. The molecule has 0 atom stereocenters. The van der Waals surface area contributed by atoms with Crippen molar-refractivity contribution < 1.29 is 0 Å². The molecule has 2 aromatic heterocycles. The number of nitrogens with zero attached hydrogens (tertiary/aromatic N) is 6. The number of benzene rings is 1. The topological polar surface area (TPSA) is 79.7 Å². The van der Waals surface area contributed by atoms with Gasteiger partial charge in [0.2, 0.25) is 5.95 Å². The molecule has 132 valence electrons. The molecule has 1 fully saturated rings. The van der Waals surface area contributed by atoms with Crippen LogP contribution < -0.4 is 10.5 Å². The summed E-state index contributed by atoms with van der Waals surface area (Å²) in [5.41, 5.74) is 1.93. The number of hydrogen-bond acceptors (Lipinski definition) is 5. The van der Waals surface area contributed by atoms with E-state index in [4.69, 9.17) is 10.2 Å². The Morgan fingerprint density at radius 3 is 2.62 bits per heavy atom.